The fraction of sp³-hybridized carbons (Fsp3) is 0.529. The van der Waals surface area contributed by atoms with Gasteiger partial charge in [0, 0.05) is 18.0 Å². The molecule has 2 heterocycles. The third kappa shape index (κ3) is 3.55. The van der Waals surface area contributed by atoms with E-state index < -0.39 is 17.2 Å². The van der Waals surface area contributed by atoms with Crippen LogP contribution in [0.15, 0.2) is 28.9 Å². The molecule has 1 fully saturated rings. The van der Waals surface area contributed by atoms with E-state index in [4.69, 9.17) is 9.15 Å². The van der Waals surface area contributed by atoms with Gasteiger partial charge in [0.15, 0.2) is 0 Å². The second-order valence-electron chi connectivity index (χ2n) is 7.06. The number of nitrogens with zero attached hydrogens (tertiary/aromatic N) is 3. The monoisotopic (exact) mass is 330 g/mol. The number of nitrogens with one attached hydrogen (secondary N) is 1. The smallest absolute Gasteiger partial charge is 0.408 e. The molecular formula is C17H22N4O3. The van der Waals surface area contributed by atoms with Crippen LogP contribution in [-0.4, -0.2) is 26.9 Å². The van der Waals surface area contributed by atoms with Gasteiger partial charge < -0.3 is 14.5 Å². The van der Waals surface area contributed by atoms with Crippen LogP contribution in [0.2, 0.25) is 0 Å². The molecule has 2 aromatic heterocycles. The van der Waals surface area contributed by atoms with Crippen LogP contribution in [0.4, 0.5) is 4.79 Å². The van der Waals surface area contributed by atoms with Gasteiger partial charge in [0.2, 0.25) is 11.8 Å². The molecular weight excluding hydrogens is 308 g/mol. The number of ether oxygens (including phenoxy) is 1. The number of rotatable bonds is 3. The van der Waals surface area contributed by atoms with Gasteiger partial charge in [-0.2, -0.15) is 0 Å². The quantitative estimate of drug-likeness (QED) is 0.927. The van der Waals surface area contributed by atoms with Gasteiger partial charge in [-0.3, -0.25) is 4.98 Å². The molecule has 0 spiro atoms. The fourth-order valence-electron chi connectivity index (χ4n) is 2.90. The Morgan fingerprint density at radius 1 is 1.21 bits per heavy atom. The van der Waals surface area contributed by atoms with Crippen LogP contribution in [0.1, 0.15) is 52.3 Å². The van der Waals surface area contributed by atoms with E-state index in [2.05, 4.69) is 20.5 Å². The molecule has 2 aromatic rings. The van der Waals surface area contributed by atoms with Crippen molar-refractivity contribution in [3.05, 3.63) is 30.4 Å². The van der Waals surface area contributed by atoms with Gasteiger partial charge in [0.25, 0.3) is 0 Å². The number of aromatic nitrogens is 3. The maximum absolute atomic E-state index is 12.2. The summed E-state index contributed by atoms with van der Waals surface area (Å²) < 4.78 is 11.3. The van der Waals surface area contributed by atoms with Crippen molar-refractivity contribution in [2.24, 2.45) is 0 Å². The Morgan fingerprint density at radius 3 is 2.50 bits per heavy atom. The minimum absolute atomic E-state index is 0.421. The molecule has 1 saturated carbocycles. The summed E-state index contributed by atoms with van der Waals surface area (Å²) >= 11 is 0. The lowest BCUT2D eigenvalue weighted by atomic mass is 9.98. The number of pyridine rings is 1. The lowest BCUT2D eigenvalue weighted by molar-refractivity contribution is 0.0434. The van der Waals surface area contributed by atoms with Crippen molar-refractivity contribution in [2.75, 3.05) is 0 Å². The fourth-order valence-corrected chi connectivity index (χ4v) is 2.90. The van der Waals surface area contributed by atoms with Crippen molar-refractivity contribution in [3.63, 3.8) is 0 Å². The van der Waals surface area contributed by atoms with Gasteiger partial charge in [0.05, 0.1) is 0 Å². The van der Waals surface area contributed by atoms with Crippen LogP contribution in [0, 0.1) is 0 Å². The van der Waals surface area contributed by atoms with Gasteiger partial charge in [-0.25, -0.2) is 4.79 Å². The summed E-state index contributed by atoms with van der Waals surface area (Å²) in [6.07, 6.45) is 6.36. The van der Waals surface area contributed by atoms with Crippen molar-refractivity contribution in [3.8, 4) is 11.5 Å². The summed E-state index contributed by atoms with van der Waals surface area (Å²) in [5, 5.41) is 11.3. The van der Waals surface area contributed by atoms with Crippen molar-refractivity contribution in [1.29, 1.82) is 0 Å². The van der Waals surface area contributed by atoms with Crippen LogP contribution in [-0.2, 0) is 10.3 Å². The molecule has 0 aromatic carbocycles. The maximum Gasteiger partial charge on any atom is 0.408 e. The molecule has 7 nitrogen and oxygen atoms in total. The Kier molecular flexibility index (Phi) is 4.26. The highest BCUT2D eigenvalue weighted by atomic mass is 16.6. The zero-order chi connectivity index (χ0) is 17.2. The minimum Gasteiger partial charge on any atom is -0.444 e. The first kappa shape index (κ1) is 16.4. The molecule has 1 N–H and O–H groups in total. The second kappa shape index (κ2) is 6.22. The summed E-state index contributed by atoms with van der Waals surface area (Å²) in [5.41, 5.74) is -0.407. The van der Waals surface area contributed by atoms with Gasteiger partial charge >= 0.3 is 6.09 Å². The Bertz CT molecular complexity index is 700. The number of carbonyl (C=O) groups excluding carboxylic acids is 1. The molecule has 1 aliphatic rings. The van der Waals surface area contributed by atoms with E-state index in [1.165, 1.54) is 0 Å². The summed E-state index contributed by atoms with van der Waals surface area (Å²) in [4.78, 5) is 16.2. The second-order valence-corrected chi connectivity index (χ2v) is 7.06. The highest BCUT2D eigenvalue weighted by Crippen LogP contribution is 2.39. The van der Waals surface area contributed by atoms with Crippen molar-refractivity contribution in [1.82, 2.24) is 20.5 Å². The zero-order valence-electron chi connectivity index (χ0n) is 14.2. The maximum atomic E-state index is 12.2. The van der Waals surface area contributed by atoms with E-state index in [0.717, 1.165) is 31.2 Å². The Balaban J connectivity index is 1.83. The standard InChI is InChI=1S/C17H22N4O3/c1-16(2,3)24-15(22)19-17(8-4-5-9-17)14-21-20-13(23-14)12-6-10-18-11-7-12/h6-7,10-11H,4-5,8-9H2,1-3H3,(H,19,22). The van der Waals surface area contributed by atoms with Crippen LogP contribution in [0.3, 0.4) is 0 Å². The Morgan fingerprint density at radius 2 is 1.88 bits per heavy atom. The van der Waals surface area contributed by atoms with Crippen LogP contribution in [0.25, 0.3) is 11.5 Å². The molecule has 0 aliphatic heterocycles. The average molecular weight is 330 g/mol. The van der Waals surface area contributed by atoms with Crippen molar-refractivity contribution >= 4 is 6.09 Å². The average Bonchev–Trinajstić information content (AvgIpc) is 3.15. The van der Waals surface area contributed by atoms with Gasteiger partial charge in [-0.15, -0.1) is 10.2 Å². The Hall–Kier alpha value is -2.44. The number of carbonyl (C=O) groups is 1. The van der Waals surface area contributed by atoms with Gasteiger partial charge in [-0.05, 0) is 45.7 Å². The predicted molar refractivity (Wildman–Crippen MR) is 87.0 cm³/mol. The molecule has 0 unspecified atom stereocenters. The van der Waals surface area contributed by atoms with E-state index in [9.17, 15) is 4.79 Å². The third-order valence-corrected chi connectivity index (χ3v) is 3.96. The first-order valence-electron chi connectivity index (χ1n) is 8.14. The first-order valence-corrected chi connectivity index (χ1v) is 8.14. The summed E-state index contributed by atoms with van der Waals surface area (Å²) in [6, 6.07) is 3.61. The number of amides is 1. The van der Waals surface area contributed by atoms with E-state index >= 15 is 0 Å². The molecule has 7 heteroatoms. The number of hydrogen-bond donors (Lipinski definition) is 1. The van der Waals surface area contributed by atoms with E-state index in [0.29, 0.717) is 11.8 Å². The molecule has 128 valence electrons. The lowest BCUT2D eigenvalue weighted by Crippen LogP contribution is -2.46. The molecule has 0 bridgehead atoms. The summed E-state index contributed by atoms with van der Waals surface area (Å²) in [7, 11) is 0. The minimum atomic E-state index is -0.652. The van der Waals surface area contributed by atoms with E-state index in [1.807, 2.05) is 20.8 Å². The third-order valence-electron chi connectivity index (χ3n) is 3.96. The molecule has 24 heavy (non-hydrogen) atoms. The molecule has 3 rings (SSSR count). The van der Waals surface area contributed by atoms with E-state index in [-0.39, 0.29) is 0 Å². The van der Waals surface area contributed by atoms with Crippen LogP contribution in [0.5, 0.6) is 0 Å². The molecule has 0 saturated heterocycles. The number of alkyl carbamates (subject to hydrolysis) is 1. The highest BCUT2D eigenvalue weighted by molar-refractivity contribution is 5.69. The largest absolute Gasteiger partial charge is 0.444 e. The van der Waals surface area contributed by atoms with Crippen LogP contribution >= 0.6 is 0 Å². The zero-order valence-corrected chi connectivity index (χ0v) is 14.2. The van der Waals surface area contributed by atoms with Gasteiger partial charge in [-0.1, -0.05) is 12.8 Å². The predicted octanol–water partition coefficient (Wildman–Crippen LogP) is 3.43. The lowest BCUT2D eigenvalue weighted by Gasteiger charge is -2.28. The first-order chi connectivity index (χ1) is 11.4. The number of hydrogen-bond acceptors (Lipinski definition) is 6. The summed E-state index contributed by atoms with van der Waals surface area (Å²) in [6.45, 7) is 5.51. The summed E-state index contributed by atoms with van der Waals surface area (Å²) in [5.74, 6) is 0.849. The topological polar surface area (TPSA) is 90.1 Å². The van der Waals surface area contributed by atoms with Crippen molar-refractivity contribution < 1.29 is 13.9 Å². The molecule has 0 atom stereocenters. The Labute approximate surface area is 140 Å². The van der Waals surface area contributed by atoms with Crippen molar-refractivity contribution in [2.45, 2.75) is 57.6 Å². The highest BCUT2D eigenvalue weighted by Gasteiger charge is 2.43. The molecule has 1 amide bonds. The van der Waals surface area contributed by atoms with E-state index in [1.54, 1.807) is 24.5 Å². The van der Waals surface area contributed by atoms with Crippen LogP contribution < -0.4 is 5.32 Å². The SMILES string of the molecule is CC(C)(C)OC(=O)NC1(c2nnc(-c3ccncc3)o2)CCCC1. The molecule has 0 radical (unpaired) electrons. The normalized spacial score (nSPS) is 16.8. The van der Waals surface area contributed by atoms with Gasteiger partial charge in [0.1, 0.15) is 11.1 Å². The molecule has 1 aliphatic carbocycles.